The Balaban J connectivity index is 2.43. The van der Waals surface area contributed by atoms with Gasteiger partial charge in [-0.1, -0.05) is 13.8 Å². The lowest BCUT2D eigenvalue weighted by molar-refractivity contribution is -0.132. The Morgan fingerprint density at radius 3 is 2.45 bits per heavy atom. The molecule has 2 atom stereocenters. The number of Topliss-reactive ketones (excluding diaryl/α,β-unsaturated/α-hetero) is 1. The van der Waals surface area contributed by atoms with Crippen LogP contribution >= 0.6 is 0 Å². The fraction of sp³-hybridized carbons (Fsp3) is 0.889. The first-order chi connectivity index (χ1) is 5.11. The molecule has 1 fully saturated rings. The molecule has 0 aromatic heterocycles. The first kappa shape index (κ1) is 8.72. The van der Waals surface area contributed by atoms with Crippen LogP contribution in [-0.4, -0.2) is 18.0 Å². The molecule has 1 rings (SSSR count). The molecular weight excluding hydrogens is 140 g/mol. The fourth-order valence-electron chi connectivity index (χ4n) is 1.38. The summed E-state index contributed by atoms with van der Waals surface area (Å²) in [5.74, 6) is 0.375. The van der Waals surface area contributed by atoms with Gasteiger partial charge in [-0.25, -0.2) is 0 Å². The summed E-state index contributed by atoms with van der Waals surface area (Å²) >= 11 is 0. The largest absolute Gasteiger partial charge is 0.367 e. The fourth-order valence-corrected chi connectivity index (χ4v) is 1.38. The Kier molecular flexibility index (Phi) is 2.66. The minimum Gasteiger partial charge on any atom is -0.367 e. The molecule has 0 aliphatic carbocycles. The van der Waals surface area contributed by atoms with Gasteiger partial charge in [0.05, 0.1) is 6.10 Å². The van der Waals surface area contributed by atoms with Crippen LogP contribution in [0.2, 0.25) is 0 Å². The Morgan fingerprint density at radius 2 is 2.09 bits per heavy atom. The molecule has 0 saturated carbocycles. The van der Waals surface area contributed by atoms with E-state index < -0.39 is 0 Å². The second kappa shape index (κ2) is 3.35. The van der Waals surface area contributed by atoms with Crippen molar-refractivity contribution in [2.75, 3.05) is 0 Å². The van der Waals surface area contributed by atoms with E-state index in [0.29, 0.717) is 0 Å². The Bertz CT molecular complexity index is 152. The van der Waals surface area contributed by atoms with E-state index >= 15 is 0 Å². The van der Waals surface area contributed by atoms with Gasteiger partial charge in [-0.15, -0.1) is 0 Å². The molecule has 1 aliphatic rings. The molecule has 0 radical (unpaired) electrons. The number of hydrogen-bond donors (Lipinski definition) is 0. The standard InChI is InChI=1S/C9H16O2/c1-6(2)9(10)8-5-4-7(3)11-8/h6-8H,4-5H2,1-3H3/t7-,8-/m0/s1. The normalized spacial score (nSPS) is 31.3. The molecule has 0 bridgehead atoms. The summed E-state index contributed by atoms with van der Waals surface area (Å²) in [5.41, 5.74) is 0. The lowest BCUT2D eigenvalue weighted by Crippen LogP contribution is -2.24. The van der Waals surface area contributed by atoms with E-state index in [1.807, 2.05) is 20.8 Å². The molecule has 0 N–H and O–H groups in total. The molecule has 2 heteroatoms. The third kappa shape index (κ3) is 2.03. The van der Waals surface area contributed by atoms with Crippen molar-refractivity contribution < 1.29 is 9.53 Å². The van der Waals surface area contributed by atoms with Gasteiger partial charge in [-0.05, 0) is 19.8 Å². The van der Waals surface area contributed by atoms with Gasteiger partial charge >= 0.3 is 0 Å². The Hall–Kier alpha value is -0.370. The maximum atomic E-state index is 11.4. The summed E-state index contributed by atoms with van der Waals surface area (Å²) in [5, 5.41) is 0. The van der Waals surface area contributed by atoms with Crippen LogP contribution < -0.4 is 0 Å². The first-order valence-corrected chi connectivity index (χ1v) is 4.30. The summed E-state index contributed by atoms with van der Waals surface area (Å²) < 4.78 is 5.43. The van der Waals surface area contributed by atoms with Gasteiger partial charge in [0.25, 0.3) is 0 Å². The molecule has 1 saturated heterocycles. The van der Waals surface area contributed by atoms with Crippen molar-refractivity contribution >= 4 is 5.78 Å². The third-order valence-electron chi connectivity index (χ3n) is 2.12. The van der Waals surface area contributed by atoms with Crippen LogP contribution in [0.5, 0.6) is 0 Å². The topological polar surface area (TPSA) is 26.3 Å². The van der Waals surface area contributed by atoms with Crippen LogP contribution in [0, 0.1) is 5.92 Å². The molecule has 0 spiro atoms. The second-order valence-corrected chi connectivity index (χ2v) is 3.57. The van der Waals surface area contributed by atoms with Crippen molar-refractivity contribution in [1.82, 2.24) is 0 Å². The number of hydrogen-bond acceptors (Lipinski definition) is 2. The van der Waals surface area contributed by atoms with Gasteiger partial charge in [0, 0.05) is 5.92 Å². The Morgan fingerprint density at radius 1 is 1.45 bits per heavy atom. The lowest BCUT2D eigenvalue weighted by Gasteiger charge is -2.11. The highest BCUT2D eigenvalue weighted by atomic mass is 16.5. The molecule has 1 heterocycles. The van der Waals surface area contributed by atoms with Crippen molar-refractivity contribution in [2.24, 2.45) is 5.92 Å². The van der Waals surface area contributed by atoms with E-state index in [4.69, 9.17) is 4.74 Å². The van der Waals surface area contributed by atoms with Crippen molar-refractivity contribution in [2.45, 2.75) is 45.8 Å². The van der Waals surface area contributed by atoms with E-state index in [1.54, 1.807) is 0 Å². The lowest BCUT2D eigenvalue weighted by atomic mass is 10.0. The van der Waals surface area contributed by atoms with Crippen LogP contribution in [0.1, 0.15) is 33.6 Å². The number of ether oxygens (including phenoxy) is 1. The van der Waals surface area contributed by atoms with E-state index in [0.717, 1.165) is 12.8 Å². The summed E-state index contributed by atoms with van der Waals surface area (Å²) in [6.07, 6.45) is 2.12. The molecule has 0 aromatic carbocycles. The maximum Gasteiger partial charge on any atom is 0.164 e. The monoisotopic (exact) mass is 156 g/mol. The first-order valence-electron chi connectivity index (χ1n) is 4.30. The molecule has 2 nitrogen and oxygen atoms in total. The van der Waals surface area contributed by atoms with E-state index in [9.17, 15) is 4.79 Å². The number of ketones is 1. The molecular formula is C9H16O2. The van der Waals surface area contributed by atoms with E-state index in [2.05, 4.69) is 0 Å². The van der Waals surface area contributed by atoms with E-state index in [1.165, 1.54) is 0 Å². The van der Waals surface area contributed by atoms with Crippen LogP contribution in [-0.2, 0) is 9.53 Å². The molecule has 0 amide bonds. The van der Waals surface area contributed by atoms with Crippen molar-refractivity contribution in [3.8, 4) is 0 Å². The predicted octanol–water partition coefficient (Wildman–Crippen LogP) is 1.78. The van der Waals surface area contributed by atoms with Gasteiger partial charge < -0.3 is 4.74 Å². The second-order valence-electron chi connectivity index (χ2n) is 3.57. The molecule has 0 unspecified atom stereocenters. The SMILES string of the molecule is CC(C)C(=O)[C@@H]1CC[C@H](C)O1. The van der Waals surface area contributed by atoms with Crippen LogP contribution in [0.15, 0.2) is 0 Å². The zero-order chi connectivity index (χ0) is 8.43. The maximum absolute atomic E-state index is 11.4. The van der Waals surface area contributed by atoms with Crippen LogP contribution in [0.3, 0.4) is 0 Å². The van der Waals surface area contributed by atoms with Crippen molar-refractivity contribution in [1.29, 1.82) is 0 Å². The highest BCUT2D eigenvalue weighted by Crippen LogP contribution is 2.21. The minimum absolute atomic E-state index is 0.106. The highest BCUT2D eigenvalue weighted by molar-refractivity contribution is 5.85. The summed E-state index contributed by atoms with van der Waals surface area (Å²) in [7, 11) is 0. The van der Waals surface area contributed by atoms with Crippen LogP contribution in [0.25, 0.3) is 0 Å². The number of rotatable bonds is 2. The zero-order valence-electron chi connectivity index (χ0n) is 7.46. The number of carbonyl (C=O) groups is 1. The number of carbonyl (C=O) groups excluding carboxylic acids is 1. The van der Waals surface area contributed by atoms with Gasteiger partial charge in [-0.3, -0.25) is 4.79 Å². The smallest absolute Gasteiger partial charge is 0.164 e. The molecule has 0 aromatic rings. The summed E-state index contributed by atoms with van der Waals surface area (Å²) in [6.45, 7) is 5.87. The Labute approximate surface area is 67.9 Å². The summed E-state index contributed by atoms with van der Waals surface area (Å²) in [4.78, 5) is 11.4. The van der Waals surface area contributed by atoms with Gasteiger partial charge in [-0.2, -0.15) is 0 Å². The van der Waals surface area contributed by atoms with E-state index in [-0.39, 0.29) is 23.9 Å². The van der Waals surface area contributed by atoms with Crippen molar-refractivity contribution in [3.05, 3.63) is 0 Å². The predicted molar refractivity (Wildman–Crippen MR) is 43.4 cm³/mol. The highest BCUT2D eigenvalue weighted by Gasteiger charge is 2.29. The quantitative estimate of drug-likeness (QED) is 0.609. The van der Waals surface area contributed by atoms with Gasteiger partial charge in [0.1, 0.15) is 6.10 Å². The summed E-state index contributed by atoms with van der Waals surface area (Å²) in [6, 6.07) is 0. The van der Waals surface area contributed by atoms with Crippen molar-refractivity contribution in [3.63, 3.8) is 0 Å². The molecule has 64 valence electrons. The molecule has 1 aliphatic heterocycles. The minimum atomic E-state index is -0.106. The van der Waals surface area contributed by atoms with Gasteiger partial charge in [0.15, 0.2) is 5.78 Å². The zero-order valence-corrected chi connectivity index (χ0v) is 7.46. The van der Waals surface area contributed by atoms with Crippen LogP contribution in [0.4, 0.5) is 0 Å². The third-order valence-corrected chi connectivity index (χ3v) is 2.12. The van der Waals surface area contributed by atoms with Gasteiger partial charge in [0.2, 0.25) is 0 Å². The molecule has 11 heavy (non-hydrogen) atoms. The average Bonchev–Trinajstić information content (AvgIpc) is 2.34. The average molecular weight is 156 g/mol.